The molecule has 2 aromatic heterocycles. The van der Waals surface area contributed by atoms with Crippen LogP contribution in [0.2, 0.25) is 0 Å². The highest BCUT2D eigenvalue weighted by atomic mass is 32.1. The molecule has 158 valence electrons. The van der Waals surface area contributed by atoms with Gasteiger partial charge >= 0.3 is 0 Å². The average molecular weight is 425 g/mol. The number of aryl methyl sites for hydroxylation is 2. The quantitative estimate of drug-likeness (QED) is 0.518. The van der Waals surface area contributed by atoms with Crippen LogP contribution in [0.1, 0.15) is 11.3 Å². The van der Waals surface area contributed by atoms with Gasteiger partial charge in [0.2, 0.25) is 0 Å². The van der Waals surface area contributed by atoms with E-state index in [1.165, 1.54) is 11.3 Å². The summed E-state index contributed by atoms with van der Waals surface area (Å²) in [6, 6.07) is 14.8. The van der Waals surface area contributed by atoms with Crippen LogP contribution >= 0.6 is 12.2 Å². The summed E-state index contributed by atoms with van der Waals surface area (Å²) in [6.07, 6.45) is 4.48. The van der Waals surface area contributed by atoms with E-state index in [9.17, 15) is 0 Å². The molecule has 8 heteroatoms. The van der Waals surface area contributed by atoms with Crippen molar-refractivity contribution in [2.75, 3.05) is 38.3 Å². The molecule has 3 heterocycles. The van der Waals surface area contributed by atoms with Crippen LogP contribution in [0.4, 0.5) is 5.69 Å². The third-order valence-corrected chi connectivity index (χ3v) is 5.72. The fourth-order valence-corrected chi connectivity index (χ4v) is 3.87. The Morgan fingerprint density at radius 1 is 1.10 bits per heavy atom. The molecule has 0 radical (unpaired) electrons. The van der Waals surface area contributed by atoms with Gasteiger partial charge in [-0.15, -0.1) is 0 Å². The van der Waals surface area contributed by atoms with Gasteiger partial charge in [0.1, 0.15) is 6.33 Å². The summed E-state index contributed by atoms with van der Waals surface area (Å²) >= 11 is 5.61. The van der Waals surface area contributed by atoms with Crippen molar-refractivity contribution in [3.8, 4) is 0 Å². The standard InChI is InChI=1S/C22H28N6OS/c1-25(16-19-5-7-21(8-6-19)26-12-14-29-15-13-26)18-28-22(30)27(17-24-28)11-9-20-4-2-3-10-23-20/h2-8,10,17H,9,11-16,18H2,1H3. The topological polar surface area (TPSA) is 51.4 Å². The lowest BCUT2D eigenvalue weighted by Crippen LogP contribution is -2.36. The Morgan fingerprint density at radius 3 is 2.63 bits per heavy atom. The summed E-state index contributed by atoms with van der Waals surface area (Å²) in [5.74, 6) is 0. The monoisotopic (exact) mass is 424 g/mol. The molecule has 7 nitrogen and oxygen atoms in total. The molecule has 30 heavy (non-hydrogen) atoms. The Labute approximate surface area is 182 Å². The normalized spacial score (nSPS) is 14.4. The average Bonchev–Trinajstić information content (AvgIpc) is 3.13. The highest BCUT2D eigenvalue weighted by Crippen LogP contribution is 2.17. The summed E-state index contributed by atoms with van der Waals surface area (Å²) in [5.41, 5.74) is 3.60. The summed E-state index contributed by atoms with van der Waals surface area (Å²) in [4.78, 5) is 8.96. The first-order valence-corrected chi connectivity index (χ1v) is 10.7. The smallest absolute Gasteiger partial charge is 0.198 e. The molecule has 0 aliphatic carbocycles. The van der Waals surface area contributed by atoms with E-state index < -0.39 is 0 Å². The van der Waals surface area contributed by atoms with Gasteiger partial charge in [-0.25, -0.2) is 4.68 Å². The lowest BCUT2D eigenvalue weighted by Gasteiger charge is -2.29. The minimum Gasteiger partial charge on any atom is -0.378 e. The second kappa shape index (κ2) is 9.97. The second-order valence-electron chi connectivity index (χ2n) is 7.60. The van der Waals surface area contributed by atoms with Crippen molar-refractivity contribution in [2.24, 2.45) is 0 Å². The highest BCUT2D eigenvalue weighted by Gasteiger charge is 2.11. The predicted molar refractivity (Wildman–Crippen MR) is 120 cm³/mol. The van der Waals surface area contributed by atoms with E-state index in [0.717, 1.165) is 56.3 Å². The lowest BCUT2D eigenvalue weighted by molar-refractivity contribution is 0.122. The summed E-state index contributed by atoms with van der Waals surface area (Å²) in [5, 5.41) is 4.48. The minimum atomic E-state index is 0.653. The first-order valence-electron chi connectivity index (χ1n) is 10.3. The van der Waals surface area contributed by atoms with Gasteiger partial charge in [-0.3, -0.25) is 9.88 Å². The largest absolute Gasteiger partial charge is 0.378 e. The van der Waals surface area contributed by atoms with Crippen LogP contribution in [0.15, 0.2) is 55.0 Å². The maximum Gasteiger partial charge on any atom is 0.198 e. The van der Waals surface area contributed by atoms with Gasteiger partial charge in [0.15, 0.2) is 4.77 Å². The van der Waals surface area contributed by atoms with Crippen molar-refractivity contribution in [1.29, 1.82) is 0 Å². The zero-order valence-corrected chi connectivity index (χ0v) is 18.2. The molecule has 0 bridgehead atoms. The van der Waals surface area contributed by atoms with E-state index >= 15 is 0 Å². The Balaban J connectivity index is 1.31. The van der Waals surface area contributed by atoms with Gasteiger partial charge in [-0.1, -0.05) is 18.2 Å². The zero-order chi connectivity index (χ0) is 20.8. The second-order valence-corrected chi connectivity index (χ2v) is 7.96. The van der Waals surface area contributed by atoms with Gasteiger partial charge in [0.25, 0.3) is 0 Å². The molecule has 1 aliphatic rings. The Hall–Kier alpha value is -2.55. The number of morpholine rings is 1. The number of aromatic nitrogens is 4. The molecule has 0 atom stereocenters. The van der Waals surface area contributed by atoms with Gasteiger partial charge in [-0.2, -0.15) is 5.10 Å². The molecular weight excluding hydrogens is 396 g/mol. The molecule has 0 amide bonds. The summed E-state index contributed by atoms with van der Waals surface area (Å²) in [7, 11) is 2.09. The van der Waals surface area contributed by atoms with E-state index in [2.05, 4.69) is 51.2 Å². The predicted octanol–water partition coefficient (Wildman–Crippen LogP) is 2.98. The molecule has 3 aromatic rings. The number of hydrogen-bond acceptors (Lipinski definition) is 6. The van der Waals surface area contributed by atoms with E-state index in [-0.39, 0.29) is 0 Å². The van der Waals surface area contributed by atoms with Crippen LogP contribution in [-0.2, 0) is 30.9 Å². The fourth-order valence-electron chi connectivity index (χ4n) is 3.63. The number of hydrogen-bond donors (Lipinski definition) is 0. The molecule has 1 fully saturated rings. The van der Waals surface area contributed by atoms with E-state index in [1.807, 2.05) is 40.0 Å². The van der Waals surface area contributed by atoms with Crippen LogP contribution in [0, 0.1) is 4.77 Å². The SMILES string of the molecule is CN(Cc1ccc(N2CCOCC2)cc1)Cn1ncn(CCc2ccccn2)c1=S. The minimum absolute atomic E-state index is 0.653. The summed E-state index contributed by atoms with van der Waals surface area (Å²) in [6.45, 7) is 5.80. The van der Waals surface area contributed by atoms with Gasteiger partial charge in [0, 0.05) is 50.2 Å². The Morgan fingerprint density at radius 2 is 1.90 bits per heavy atom. The third kappa shape index (κ3) is 5.33. The van der Waals surface area contributed by atoms with Crippen molar-refractivity contribution in [3.63, 3.8) is 0 Å². The van der Waals surface area contributed by atoms with Crippen molar-refractivity contribution >= 4 is 17.9 Å². The molecule has 0 unspecified atom stereocenters. The Kier molecular flexibility index (Phi) is 6.88. The van der Waals surface area contributed by atoms with Crippen molar-refractivity contribution < 1.29 is 4.74 Å². The number of ether oxygens (including phenoxy) is 1. The number of benzene rings is 1. The molecule has 0 spiro atoms. The van der Waals surface area contributed by atoms with E-state index in [1.54, 1.807) is 0 Å². The van der Waals surface area contributed by atoms with E-state index in [0.29, 0.717) is 6.67 Å². The van der Waals surface area contributed by atoms with Gasteiger partial charge in [0.05, 0.1) is 19.9 Å². The van der Waals surface area contributed by atoms with Crippen molar-refractivity contribution in [2.45, 2.75) is 26.2 Å². The third-order valence-electron chi connectivity index (χ3n) is 5.27. The highest BCUT2D eigenvalue weighted by molar-refractivity contribution is 7.71. The maximum atomic E-state index is 5.61. The van der Waals surface area contributed by atoms with Crippen LogP contribution < -0.4 is 4.90 Å². The zero-order valence-electron chi connectivity index (χ0n) is 17.4. The van der Waals surface area contributed by atoms with Crippen LogP contribution in [-0.4, -0.2) is 57.6 Å². The molecule has 4 rings (SSSR count). The van der Waals surface area contributed by atoms with Crippen molar-refractivity contribution in [1.82, 2.24) is 24.2 Å². The number of rotatable bonds is 8. The van der Waals surface area contributed by atoms with Crippen LogP contribution in [0.5, 0.6) is 0 Å². The number of nitrogens with zero attached hydrogens (tertiary/aromatic N) is 6. The van der Waals surface area contributed by atoms with Crippen molar-refractivity contribution in [3.05, 3.63) is 71.0 Å². The number of pyridine rings is 1. The van der Waals surface area contributed by atoms with Crippen LogP contribution in [0.3, 0.4) is 0 Å². The van der Waals surface area contributed by atoms with Gasteiger partial charge in [-0.05, 0) is 49.1 Å². The Bertz CT molecular complexity index is 979. The van der Waals surface area contributed by atoms with Gasteiger partial charge < -0.3 is 14.2 Å². The van der Waals surface area contributed by atoms with Crippen LogP contribution in [0.25, 0.3) is 0 Å². The molecular formula is C22H28N6OS. The molecule has 1 saturated heterocycles. The molecule has 0 saturated carbocycles. The maximum absolute atomic E-state index is 5.61. The summed E-state index contributed by atoms with van der Waals surface area (Å²) < 4.78 is 10.0. The lowest BCUT2D eigenvalue weighted by atomic mass is 10.2. The first kappa shape index (κ1) is 20.7. The molecule has 0 N–H and O–H groups in total. The molecule has 1 aliphatic heterocycles. The van der Waals surface area contributed by atoms with E-state index in [4.69, 9.17) is 17.0 Å². The number of anilines is 1. The molecule has 1 aromatic carbocycles. The first-order chi connectivity index (χ1) is 14.7. The fraction of sp³-hybridized carbons (Fsp3) is 0.409.